The number of fused-ring (bicyclic) bond motifs is 1. The molecule has 0 spiro atoms. The van der Waals surface area contributed by atoms with Crippen LogP contribution in [0.2, 0.25) is 0 Å². The topological polar surface area (TPSA) is 67.6 Å². The number of rotatable bonds is 3. The number of hydrogen-bond donors (Lipinski definition) is 1. The van der Waals surface area contributed by atoms with Crippen LogP contribution in [0.3, 0.4) is 0 Å². The van der Waals surface area contributed by atoms with Crippen LogP contribution in [-0.4, -0.2) is 38.6 Å². The molecule has 0 fully saturated rings. The normalized spacial score (nSPS) is 13.6. The number of nitrogens with zero attached hydrogens (tertiary/aromatic N) is 3. The summed E-state index contributed by atoms with van der Waals surface area (Å²) >= 11 is 0. The first-order valence-electron chi connectivity index (χ1n) is 8.90. The van der Waals surface area contributed by atoms with Crippen molar-refractivity contribution < 1.29 is 14.6 Å². The van der Waals surface area contributed by atoms with E-state index in [1.54, 1.807) is 34.3 Å². The third-order valence-corrected chi connectivity index (χ3v) is 4.80. The van der Waals surface area contributed by atoms with Gasteiger partial charge in [-0.2, -0.15) is 0 Å². The second-order valence-electron chi connectivity index (χ2n) is 6.70. The molecule has 0 saturated heterocycles. The fourth-order valence-corrected chi connectivity index (χ4v) is 3.40. The number of phenolic OH excluding ortho intramolecular Hbond substituents is 1. The largest absolute Gasteiger partial charge is 0.504 e. The van der Waals surface area contributed by atoms with Gasteiger partial charge >= 0.3 is 0 Å². The number of hydrogen-bond acceptors (Lipinski definition) is 4. The molecule has 1 amide bonds. The first-order valence-corrected chi connectivity index (χ1v) is 8.90. The smallest absolute Gasteiger partial charge is 0.242 e. The molecule has 1 aliphatic heterocycles. The Morgan fingerprint density at radius 3 is 2.93 bits per heavy atom. The Morgan fingerprint density at radius 2 is 2.15 bits per heavy atom. The summed E-state index contributed by atoms with van der Waals surface area (Å²) in [5, 5.41) is 10.5. The van der Waals surface area contributed by atoms with Gasteiger partial charge in [-0.05, 0) is 35.7 Å². The minimum absolute atomic E-state index is 0.00904. The molecule has 6 nitrogen and oxygen atoms in total. The summed E-state index contributed by atoms with van der Waals surface area (Å²) in [4.78, 5) is 18.4. The van der Waals surface area contributed by atoms with Crippen LogP contribution in [0.4, 0.5) is 0 Å². The number of phenols is 1. The molecule has 4 rings (SSSR count). The molecule has 2 aromatic carbocycles. The zero-order valence-electron chi connectivity index (χ0n) is 15.1. The maximum Gasteiger partial charge on any atom is 0.242 e. The van der Waals surface area contributed by atoms with Crippen LogP contribution in [-0.2, 0) is 17.9 Å². The Kier molecular flexibility index (Phi) is 4.54. The molecule has 0 bridgehead atoms. The lowest BCUT2D eigenvalue weighted by atomic mass is 9.98. The van der Waals surface area contributed by atoms with Crippen molar-refractivity contribution in [3.63, 3.8) is 0 Å². The average Bonchev–Trinajstić information content (AvgIpc) is 3.05. The number of aryl methyl sites for hydroxylation is 1. The molecule has 138 valence electrons. The maximum absolute atomic E-state index is 12.7. The van der Waals surface area contributed by atoms with Gasteiger partial charge in [0, 0.05) is 24.5 Å². The van der Waals surface area contributed by atoms with Gasteiger partial charge in [-0.3, -0.25) is 4.79 Å². The first kappa shape index (κ1) is 17.1. The van der Waals surface area contributed by atoms with Crippen LogP contribution >= 0.6 is 0 Å². The fraction of sp³-hybridized carbons (Fsp3) is 0.238. The summed E-state index contributed by atoms with van der Waals surface area (Å²) in [7, 11) is 0. The Bertz CT molecular complexity index is 967. The van der Waals surface area contributed by atoms with E-state index in [-0.39, 0.29) is 18.2 Å². The third kappa shape index (κ3) is 3.51. The molecule has 0 saturated carbocycles. The maximum atomic E-state index is 12.7. The quantitative estimate of drug-likeness (QED) is 0.777. The number of aromatic nitrogens is 2. The zero-order chi connectivity index (χ0) is 18.8. The number of ether oxygens (including phenoxy) is 1. The molecule has 0 atom stereocenters. The van der Waals surface area contributed by atoms with Crippen LogP contribution in [0.1, 0.15) is 11.1 Å². The van der Waals surface area contributed by atoms with Crippen molar-refractivity contribution >= 4 is 5.91 Å². The third-order valence-electron chi connectivity index (χ3n) is 4.80. The minimum Gasteiger partial charge on any atom is -0.504 e. The Morgan fingerprint density at radius 1 is 1.30 bits per heavy atom. The molecule has 0 aliphatic carbocycles. The van der Waals surface area contributed by atoms with Crippen molar-refractivity contribution in [2.75, 3.05) is 13.2 Å². The zero-order valence-corrected chi connectivity index (χ0v) is 15.1. The average molecular weight is 363 g/mol. The van der Waals surface area contributed by atoms with Gasteiger partial charge in [0.05, 0.1) is 12.9 Å². The number of amides is 1. The molecule has 27 heavy (non-hydrogen) atoms. The van der Waals surface area contributed by atoms with E-state index in [0.717, 1.165) is 22.3 Å². The van der Waals surface area contributed by atoms with Crippen molar-refractivity contribution in [2.24, 2.45) is 0 Å². The lowest BCUT2D eigenvalue weighted by Gasteiger charge is -2.20. The summed E-state index contributed by atoms with van der Waals surface area (Å²) < 4.78 is 7.50. The molecule has 2 heterocycles. The van der Waals surface area contributed by atoms with Crippen molar-refractivity contribution in [2.45, 2.75) is 20.0 Å². The van der Waals surface area contributed by atoms with Gasteiger partial charge in [-0.1, -0.05) is 24.3 Å². The van der Waals surface area contributed by atoms with Gasteiger partial charge in [0.1, 0.15) is 13.2 Å². The highest BCUT2D eigenvalue weighted by atomic mass is 16.5. The monoisotopic (exact) mass is 363 g/mol. The fourth-order valence-electron chi connectivity index (χ4n) is 3.40. The van der Waals surface area contributed by atoms with Gasteiger partial charge in [0.15, 0.2) is 11.5 Å². The minimum atomic E-state index is -0.00904. The summed E-state index contributed by atoms with van der Waals surface area (Å²) in [6.45, 7) is 3.49. The van der Waals surface area contributed by atoms with Crippen LogP contribution < -0.4 is 4.74 Å². The summed E-state index contributed by atoms with van der Waals surface area (Å²) in [5.41, 5.74) is 3.90. The van der Waals surface area contributed by atoms with E-state index in [1.165, 1.54) is 0 Å². The van der Waals surface area contributed by atoms with E-state index < -0.39 is 0 Å². The van der Waals surface area contributed by atoms with E-state index in [0.29, 0.717) is 25.4 Å². The molecule has 1 N–H and O–H groups in total. The van der Waals surface area contributed by atoms with Crippen molar-refractivity contribution in [3.05, 3.63) is 66.2 Å². The molecule has 1 aromatic heterocycles. The molecule has 0 radical (unpaired) electrons. The van der Waals surface area contributed by atoms with Crippen molar-refractivity contribution in [1.29, 1.82) is 0 Å². The number of carbonyl (C=O) groups excluding carboxylic acids is 1. The van der Waals surface area contributed by atoms with Gasteiger partial charge in [-0.15, -0.1) is 0 Å². The highest BCUT2D eigenvalue weighted by molar-refractivity contribution is 5.77. The molecule has 6 heteroatoms. The van der Waals surface area contributed by atoms with Gasteiger partial charge < -0.3 is 19.3 Å². The van der Waals surface area contributed by atoms with Crippen molar-refractivity contribution in [3.8, 4) is 22.6 Å². The second kappa shape index (κ2) is 7.15. The van der Waals surface area contributed by atoms with E-state index >= 15 is 0 Å². The van der Waals surface area contributed by atoms with E-state index in [1.807, 2.05) is 37.3 Å². The summed E-state index contributed by atoms with van der Waals surface area (Å²) in [5.74, 6) is 0.560. The second-order valence-corrected chi connectivity index (χ2v) is 6.70. The molecule has 0 unspecified atom stereocenters. The molecular formula is C21H21N3O3. The van der Waals surface area contributed by atoms with Crippen molar-refractivity contribution in [1.82, 2.24) is 14.5 Å². The lowest BCUT2D eigenvalue weighted by molar-refractivity contribution is -0.132. The number of carbonyl (C=O) groups is 1. The lowest BCUT2D eigenvalue weighted by Crippen LogP contribution is -2.34. The summed E-state index contributed by atoms with van der Waals surface area (Å²) in [6.07, 6.45) is 5.05. The molecule has 1 aliphatic rings. The van der Waals surface area contributed by atoms with Crippen LogP contribution in [0.5, 0.6) is 11.5 Å². The Hall–Kier alpha value is -3.28. The van der Waals surface area contributed by atoms with Crippen LogP contribution in [0.15, 0.2) is 55.1 Å². The number of aromatic hydroxyl groups is 1. The van der Waals surface area contributed by atoms with E-state index in [9.17, 15) is 9.90 Å². The SMILES string of the molecule is Cc1ccccc1-c1cc(O)c2c(c1)CN(C(=O)Cn1ccnc1)CCO2. The van der Waals surface area contributed by atoms with E-state index in [2.05, 4.69) is 4.98 Å². The standard InChI is InChI=1S/C21H21N3O3/c1-15-4-2-3-5-18(15)16-10-17-12-24(8-9-27-21(17)19(25)11-16)20(26)13-23-7-6-22-14-23/h2-7,10-11,14,25H,8-9,12-13H2,1H3. The van der Waals surface area contributed by atoms with Gasteiger partial charge in [0.2, 0.25) is 5.91 Å². The van der Waals surface area contributed by atoms with Crippen LogP contribution in [0.25, 0.3) is 11.1 Å². The predicted octanol–water partition coefficient (Wildman–Crippen LogP) is 2.99. The van der Waals surface area contributed by atoms with E-state index in [4.69, 9.17) is 4.74 Å². The highest BCUT2D eigenvalue weighted by Gasteiger charge is 2.23. The molecule has 3 aromatic rings. The Labute approximate surface area is 157 Å². The number of benzene rings is 2. The van der Waals surface area contributed by atoms with Crippen LogP contribution in [0, 0.1) is 6.92 Å². The predicted molar refractivity (Wildman–Crippen MR) is 101 cm³/mol. The highest BCUT2D eigenvalue weighted by Crippen LogP contribution is 2.38. The Balaban J connectivity index is 1.65. The summed E-state index contributed by atoms with van der Waals surface area (Å²) in [6, 6.07) is 11.8. The van der Waals surface area contributed by atoms with Gasteiger partial charge in [-0.25, -0.2) is 4.98 Å². The first-order chi connectivity index (χ1) is 13.1. The molecular weight excluding hydrogens is 342 g/mol. The number of imidazole rings is 1. The van der Waals surface area contributed by atoms with Gasteiger partial charge in [0.25, 0.3) is 0 Å².